The molecule has 4 nitrogen and oxygen atoms in total. The van der Waals surface area contributed by atoms with Gasteiger partial charge in [-0.3, -0.25) is 9.63 Å². The van der Waals surface area contributed by atoms with Gasteiger partial charge in [0.1, 0.15) is 0 Å². The number of carbonyl (C=O) groups is 1. The maximum atomic E-state index is 11.4. The van der Waals surface area contributed by atoms with Gasteiger partial charge in [-0.1, -0.05) is 6.92 Å². The maximum Gasteiger partial charge on any atom is 0.246 e. The molecule has 0 aliphatic carbocycles. The molecule has 13 heavy (non-hydrogen) atoms. The quantitative estimate of drug-likeness (QED) is 0.696. The predicted molar refractivity (Wildman–Crippen MR) is 49.7 cm³/mol. The molecule has 1 rings (SSSR count). The van der Waals surface area contributed by atoms with Gasteiger partial charge in [-0.15, -0.1) is 0 Å². The molecule has 1 amide bonds. The fourth-order valence-corrected chi connectivity index (χ4v) is 1.26. The Bertz CT molecular complexity index is 167. The lowest BCUT2D eigenvalue weighted by atomic mass is 10.1. The highest BCUT2D eigenvalue weighted by Gasteiger charge is 2.19. The molecule has 0 bridgehead atoms. The van der Waals surface area contributed by atoms with Crippen LogP contribution in [0.5, 0.6) is 0 Å². The average molecular weight is 186 g/mol. The van der Waals surface area contributed by atoms with Gasteiger partial charge in [-0.05, 0) is 25.3 Å². The molecule has 0 aromatic heterocycles. The van der Waals surface area contributed by atoms with Crippen molar-refractivity contribution in [2.75, 3.05) is 19.7 Å². The fourth-order valence-electron chi connectivity index (χ4n) is 1.26. The largest absolute Gasteiger partial charge is 0.330 e. The lowest BCUT2D eigenvalue weighted by Crippen LogP contribution is -2.27. The summed E-state index contributed by atoms with van der Waals surface area (Å²) in [5.41, 5.74) is 5.46. The van der Waals surface area contributed by atoms with Crippen LogP contribution in [-0.2, 0) is 9.63 Å². The summed E-state index contributed by atoms with van der Waals surface area (Å²) in [6, 6.07) is 0. The zero-order valence-electron chi connectivity index (χ0n) is 8.16. The third-order valence-corrected chi connectivity index (χ3v) is 2.28. The Balaban J connectivity index is 2.16. The van der Waals surface area contributed by atoms with E-state index in [0.717, 1.165) is 19.4 Å². The first-order chi connectivity index (χ1) is 6.24. The number of carbonyl (C=O) groups excluding carboxylic acids is 1. The molecule has 0 saturated carbocycles. The Kier molecular flexibility index (Phi) is 4.18. The molecule has 0 aromatic carbocycles. The minimum absolute atomic E-state index is 0.0952. The van der Waals surface area contributed by atoms with E-state index in [1.54, 1.807) is 0 Å². The van der Waals surface area contributed by atoms with Gasteiger partial charge < -0.3 is 5.73 Å². The number of hydrogen-bond acceptors (Lipinski definition) is 3. The smallest absolute Gasteiger partial charge is 0.246 e. The molecule has 1 unspecified atom stereocenters. The van der Waals surface area contributed by atoms with E-state index in [1.807, 2.05) is 0 Å². The average Bonchev–Trinajstić information content (AvgIpc) is 2.66. The number of hydrogen-bond donors (Lipinski definition) is 1. The molecule has 1 saturated heterocycles. The van der Waals surface area contributed by atoms with Crippen LogP contribution in [0.2, 0.25) is 0 Å². The zero-order chi connectivity index (χ0) is 9.68. The normalized spacial score (nSPS) is 19.1. The van der Waals surface area contributed by atoms with Crippen molar-refractivity contribution in [1.29, 1.82) is 0 Å². The number of rotatable bonds is 4. The Labute approximate surface area is 79.0 Å². The topological polar surface area (TPSA) is 55.6 Å². The Morgan fingerprint density at radius 2 is 2.46 bits per heavy atom. The second-order valence-electron chi connectivity index (χ2n) is 3.56. The van der Waals surface area contributed by atoms with Crippen molar-refractivity contribution in [2.45, 2.75) is 26.2 Å². The molecule has 1 fully saturated rings. The Morgan fingerprint density at radius 3 is 3.00 bits per heavy atom. The third-order valence-electron chi connectivity index (χ3n) is 2.28. The van der Waals surface area contributed by atoms with Crippen LogP contribution < -0.4 is 5.73 Å². The van der Waals surface area contributed by atoms with Crippen molar-refractivity contribution in [2.24, 2.45) is 11.7 Å². The highest BCUT2D eigenvalue weighted by molar-refractivity contribution is 5.75. The van der Waals surface area contributed by atoms with Crippen molar-refractivity contribution in [1.82, 2.24) is 5.06 Å². The third kappa shape index (κ3) is 3.32. The summed E-state index contributed by atoms with van der Waals surface area (Å²) in [6.45, 7) is 4.13. The van der Waals surface area contributed by atoms with Gasteiger partial charge in [0.2, 0.25) is 5.91 Å². The Morgan fingerprint density at radius 1 is 1.69 bits per heavy atom. The van der Waals surface area contributed by atoms with E-state index in [1.165, 1.54) is 5.06 Å². The van der Waals surface area contributed by atoms with Gasteiger partial charge in [-0.25, -0.2) is 5.06 Å². The highest BCUT2D eigenvalue weighted by atomic mass is 16.7. The summed E-state index contributed by atoms with van der Waals surface area (Å²) in [7, 11) is 0. The van der Waals surface area contributed by atoms with E-state index in [-0.39, 0.29) is 5.91 Å². The lowest BCUT2D eigenvalue weighted by Gasteiger charge is -2.14. The standard InChI is InChI=1S/C9H18N2O2/c1-8(7-10)3-4-9(12)11-5-2-6-13-11/h8H,2-7,10H2,1H3. The predicted octanol–water partition coefficient (Wildman–Crippen LogP) is 0.525. The summed E-state index contributed by atoms with van der Waals surface area (Å²) < 4.78 is 0. The molecule has 0 aromatic rings. The Hall–Kier alpha value is -0.610. The van der Waals surface area contributed by atoms with Crippen LogP contribution in [0.25, 0.3) is 0 Å². The summed E-state index contributed by atoms with van der Waals surface area (Å²) in [5.74, 6) is 0.518. The molecule has 1 aliphatic heterocycles. The summed E-state index contributed by atoms with van der Waals surface area (Å²) in [5, 5.41) is 1.48. The molecule has 76 valence electrons. The molecule has 0 spiro atoms. The van der Waals surface area contributed by atoms with E-state index >= 15 is 0 Å². The van der Waals surface area contributed by atoms with E-state index in [2.05, 4.69) is 6.92 Å². The molecule has 4 heteroatoms. The van der Waals surface area contributed by atoms with Crippen molar-refractivity contribution >= 4 is 5.91 Å². The van der Waals surface area contributed by atoms with Crippen LogP contribution >= 0.6 is 0 Å². The van der Waals surface area contributed by atoms with Crippen LogP contribution in [0.1, 0.15) is 26.2 Å². The molecule has 1 atom stereocenters. The monoisotopic (exact) mass is 186 g/mol. The lowest BCUT2D eigenvalue weighted by molar-refractivity contribution is -0.169. The maximum absolute atomic E-state index is 11.4. The first kappa shape index (κ1) is 10.5. The summed E-state index contributed by atoms with van der Waals surface area (Å²) >= 11 is 0. The highest BCUT2D eigenvalue weighted by Crippen LogP contribution is 2.10. The number of hydroxylamine groups is 2. The van der Waals surface area contributed by atoms with Crippen LogP contribution in [-0.4, -0.2) is 30.7 Å². The van der Waals surface area contributed by atoms with Crippen LogP contribution in [0, 0.1) is 5.92 Å². The van der Waals surface area contributed by atoms with E-state index < -0.39 is 0 Å². The number of amides is 1. The molecule has 1 heterocycles. The summed E-state index contributed by atoms with van der Waals surface area (Å²) in [6.07, 6.45) is 2.37. The van der Waals surface area contributed by atoms with Crippen molar-refractivity contribution in [3.05, 3.63) is 0 Å². The fraction of sp³-hybridized carbons (Fsp3) is 0.889. The van der Waals surface area contributed by atoms with Gasteiger partial charge >= 0.3 is 0 Å². The minimum atomic E-state index is 0.0952. The second kappa shape index (κ2) is 5.19. The minimum Gasteiger partial charge on any atom is -0.330 e. The van der Waals surface area contributed by atoms with Crippen LogP contribution in [0.3, 0.4) is 0 Å². The van der Waals surface area contributed by atoms with Crippen LogP contribution in [0.4, 0.5) is 0 Å². The number of nitrogens with zero attached hydrogens (tertiary/aromatic N) is 1. The molecule has 2 N–H and O–H groups in total. The van der Waals surface area contributed by atoms with Crippen molar-refractivity contribution in [3.63, 3.8) is 0 Å². The van der Waals surface area contributed by atoms with E-state index in [0.29, 0.717) is 25.5 Å². The molecule has 1 aliphatic rings. The molecular weight excluding hydrogens is 168 g/mol. The first-order valence-corrected chi connectivity index (χ1v) is 4.87. The van der Waals surface area contributed by atoms with Crippen LogP contribution in [0.15, 0.2) is 0 Å². The van der Waals surface area contributed by atoms with E-state index in [9.17, 15) is 4.79 Å². The number of nitrogens with two attached hydrogens (primary N) is 1. The zero-order valence-corrected chi connectivity index (χ0v) is 8.16. The van der Waals surface area contributed by atoms with Gasteiger partial charge in [0.15, 0.2) is 0 Å². The van der Waals surface area contributed by atoms with Crippen molar-refractivity contribution < 1.29 is 9.63 Å². The summed E-state index contributed by atoms with van der Waals surface area (Å²) in [4.78, 5) is 16.6. The van der Waals surface area contributed by atoms with Gasteiger partial charge in [0.05, 0.1) is 13.2 Å². The molecular formula is C9H18N2O2. The SMILES string of the molecule is CC(CN)CCC(=O)N1CCCO1. The van der Waals surface area contributed by atoms with Crippen molar-refractivity contribution in [3.8, 4) is 0 Å². The second-order valence-corrected chi connectivity index (χ2v) is 3.56. The van der Waals surface area contributed by atoms with E-state index in [4.69, 9.17) is 10.6 Å². The van der Waals surface area contributed by atoms with Gasteiger partial charge in [-0.2, -0.15) is 0 Å². The van der Waals surface area contributed by atoms with Gasteiger partial charge in [0, 0.05) is 6.42 Å². The first-order valence-electron chi connectivity index (χ1n) is 4.87. The molecule has 0 radical (unpaired) electrons. The van der Waals surface area contributed by atoms with Gasteiger partial charge in [0.25, 0.3) is 0 Å².